The highest BCUT2D eigenvalue weighted by Crippen LogP contribution is 2.33. The van der Waals surface area contributed by atoms with E-state index in [2.05, 4.69) is 20.7 Å². The molecule has 29 heavy (non-hydrogen) atoms. The molecule has 6 nitrogen and oxygen atoms in total. The topological polar surface area (TPSA) is 72.7 Å². The highest BCUT2D eigenvalue weighted by molar-refractivity contribution is 7.99. The summed E-state index contributed by atoms with van der Waals surface area (Å²) in [5.74, 6) is 0.253. The van der Waals surface area contributed by atoms with Crippen LogP contribution in [0.15, 0.2) is 88.7 Å². The lowest BCUT2D eigenvalue weighted by Crippen LogP contribution is -2.20. The monoisotopic (exact) mass is 421 g/mol. The van der Waals surface area contributed by atoms with Crippen molar-refractivity contribution >= 4 is 35.0 Å². The standard InChI is InChI=1S/C21H16ClN5OS/c22-16-10-12-17(13-11-16)29-19-9-5-4-8-18(19)23-20(28)14-27-25-21(24-26-27)15-6-2-1-3-7-15/h1-13H,14H2,(H,23,28). The van der Waals surface area contributed by atoms with Crippen molar-refractivity contribution in [2.75, 3.05) is 5.32 Å². The molecule has 4 aromatic rings. The fourth-order valence-corrected chi connectivity index (χ4v) is 3.65. The van der Waals surface area contributed by atoms with Crippen LogP contribution in [0, 0.1) is 0 Å². The summed E-state index contributed by atoms with van der Waals surface area (Å²) in [5, 5.41) is 15.9. The molecule has 0 aliphatic heterocycles. The molecule has 1 amide bonds. The average Bonchev–Trinajstić information content (AvgIpc) is 3.20. The minimum atomic E-state index is -0.230. The van der Waals surface area contributed by atoms with Crippen molar-refractivity contribution < 1.29 is 4.79 Å². The Hall–Kier alpha value is -3.16. The Labute approximate surface area is 176 Å². The number of aromatic nitrogens is 4. The molecule has 0 unspecified atom stereocenters. The number of para-hydroxylation sites is 1. The summed E-state index contributed by atoms with van der Waals surface area (Å²) in [5.41, 5.74) is 1.57. The van der Waals surface area contributed by atoms with Crippen LogP contribution in [0.25, 0.3) is 11.4 Å². The molecule has 8 heteroatoms. The van der Waals surface area contributed by atoms with E-state index >= 15 is 0 Å². The smallest absolute Gasteiger partial charge is 0.248 e. The van der Waals surface area contributed by atoms with Crippen molar-refractivity contribution in [2.24, 2.45) is 0 Å². The Morgan fingerprint density at radius 2 is 1.69 bits per heavy atom. The zero-order valence-corrected chi connectivity index (χ0v) is 16.8. The highest BCUT2D eigenvalue weighted by atomic mass is 35.5. The second-order valence-corrected chi connectivity index (χ2v) is 7.66. The molecule has 0 aliphatic carbocycles. The summed E-state index contributed by atoms with van der Waals surface area (Å²) in [6.07, 6.45) is 0. The van der Waals surface area contributed by atoms with Crippen LogP contribution < -0.4 is 5.32 Å². The van der Waals surface area contributed by atoms with Crippen LogP contribution in [0.5, 0.6) is 0 Å². The van der Waals surface area contributed by atoms with E-state index in [1.165, 1.54) is 4.80 Å². The van der Waals surface area contributed by atoms with Gasteiger partial charge in [0.2, 0.25) is 11.7 Å². The molecule has 1 heterocycles. The molecule has 144 valence electrons. The Morgan fingerprint density at radius 3 is 2.48 bits per heavy atom. The second kappa shape index (κ2) is 8.89. The molecule has 0 bridgehead atoms. The minimum Gasteiger partial charge on any atom is -0.323 e. The number of anilines is 1. The van der Waals surface area contributed by atoms with Crippen LogP contribution in [0.4, 0.5) is 5.69 Å². The molecule has 3 aromatic carbocycles. The molecule has 0 aliphatic rings. The number of carbonyl (C=O) groups is 1. The van der Waals surface area contributed by atoms with Gasteiger partial charge in [-0.15, -0.1) is 10.2 Å². The summed E-state index contributed by atoms with van der Waals surface area (Å²) >= 11 is 7.50. The van der Waals surface area contributed by atoms with E-state index in [9.17, 15) is 4.79 Å². The summed E-state index contributed by atoms with van der Waals surface area (Å²) in [7, 11) is 0. The third-order valence-corrected chi connectivity index (χ3v) is 5.31. The molecule has 0 saturated carbocycles. The third kappa shape index (κ3) is 5.01. The number of nitrogens with one attached hydrogen (secondary N) is 1. The van der Waals surface area contributed by atoms with E-state index in [0.717, 1.165) is 21.0 Å². The van der Waals surface area contributed by atoms with Gasteiger partial charge in [-0.05, 0) is 41.6 Å². The number of halogens is 1. The predicted octanol–water partition coefficient (Wildman–Crippen LogP) is 4.78. The van der Waals surface area contributed by atoms with Gasteiger partial charge in [-0.3, -0.25) is 4.79 Å². The molecule has 0 fully saturated rings. The summed E-state index contributed by atoms with van der Waals surface area (Å²) in [6, 6.07) is 24.7. The maximum absolute atomic E-state index is 12.5. The fourth-order valence-electron chi connectivity index (χ4n) is 2.62. The van der Waals surface area contributed by atoms with Gasteiger partial charge in [0.15, 0.2) is 0 Å². The lowest BCUT2D eigenvalue weighted by Gasteiger charge is -2.10. The first-order valence-corrected chi connectivity index (χ1v) is 10.0. The average molecular weight is 422 g/mol. The van der Waals surface area contributed by atoms with Gasteiger partial charge < -0.3 is 5.32 Å². The maximum Gasteiger partial charge on any atom is 0.248 e. The van der Waals surface area contributed by atoms with Crippen molar-refractivity contribution in [2.45, 2.75) is 16.3 Å². The van der Waals surface area contributed by atoms with Crippen LogP contribution in [0.3, 0.4) is 0 Å². The number of carbonyl (C=O) groups excluding carboxylic acids is 1. The van der Waals surface area contributed by atoms with Gasteiger partial charge in [-0.25, -0.2) is 0 Å². The van der Waals surface area contributed by atoms with Gasteiger partial charge in [0.05, 0.1) is 5.69 Å². The quantitative estimate of drug-likeness (QED) is 0.485. The first-order chi connectivity index (χ1) is 14.2. The molecule has 4 rings (SSSR count). The van der Waals surface area contributed by atoms with Gasteiger partial charge in [0.1, 0.15) is 6.54 Å². The molecule has 0 spiro atoms. The number of benzene rings is 3. The molecule has 0 atom stereocenters. The molecule has 1 aromatic heterocycles. The summed E-state index contributed by atoms with van der Waals surface area (Å²) < 4.78 is 0. The van der Waals surface area contributed by atoms with Crippen LogP contribution in [-0.2, 0) is 11.3 Å². The van der Waals surface area contributed by atoms with Crippen molar-refractivity contribution in [1.82, 2.24) is 20.2 Å². The van der Waals surface area contributed by atoms with Crippen molar-refractivity contribution in [3.8, 4) is 11.4 Å². The zero-order chi connectivity index (χ0) is 20.1. The number of hydrogen-bond acceptors (Lipinski definition) is 5. The summed E-state index contributed by atoms with van der Waals surface area (Å²) in [6.45, 7) is -0.0280. The largest absolute Gasteiger partial charge is 0.323 e. The van der Waals surface area contributed by atoms with Crippen LogP contribution in [0.1, 0.15) is 0 Å². The number of amides is 1. The van der Waals surface area contributed by atoms with Crippen LogP contribution in [-0.4, -0.2) is 26.1 Å². The highest BCUT2D eigenvalue weighted by Gasteiger charge is 2.11. The van der Waals surface area contributed by atoms with E-state index in [4.69, 9.17) is 11.6 Å². The lowest BCUT2D eigenvalue weighted by atomic mass is 10.2. The molecule has 1 N–H and O–H groups in total. The summed E-state index contributed by atoms with van der Waals surface area (Å²) in [4.78, 5) is 15.8. The number of hydrogen-bond donors (Lipinski definition) is 1. The third-order valence-electron chi connectivity index (χ3n) is 3.97. The van der Waals surface area contributed by atoms with Crippen molar-refractivity contribution in [3.63, 3.8) is 0 Å². The molecular formula is C21H16ClN5OS. The number of tetrazole rings is 1. The van der Waals surface area contributed by atoms with Gasteiger partial charge in [-0.1, -0.05) is 65.8 Å². The maximum atomic E-state index is 12.5. The Kier molecular flexibility index (Phi) is 5.88. The predicted molar refractivity (Wildman–Crippen MR) is 114 cm³/mol. The Balaban J connectivity index is 1.44. The zero-order valence-electron chi connectivity index (χ0n) is 15.2. The van der Waals surface area contributed by atoms with Gasteiger partial charge in [0, 0.05) is 20.4 Å². The minimum absolute atomic E-state index is 0.0280. The number of rotatable bonds is 6. The SMILES string of the molecule is O=C(Cn1nnc(-c2ccccc2)n1)Nc1ccccc1Sc1ccc(Cl)cc1. The van der Waals surface area contributed by atoms with Crippen LogP contribution >= 0.6 is 23.4 Å². The first kappa shape index (κ1) is 19.2. The van der Waals surface area contributed by atoms with Gasteiger partial charge in [-0.2, -0.15) is 4.80 Å². The van der Waals surface area contributed by atoms with E-state index in [1.807, 2.05) is 78.9 Å². The normalized spacial score (nSPS) is 10.7. The van der Waals surface area contributed by atoms with E-state index < -0.39 is 0 Å². The Morgan fingerprint density at radius 1 is 0.966 bits per heavy atom. The number of nitrogens with zero attached hydrogens (tertiary/aromatic N) is 4. The van der Waals surface area contributed by atoms with Gasteiger partial charge in [0.25, 0.3) is 0 Å². The Bertz CT molecular complexity index is 1120. The van der Waals surface area contributed by atoms with Crippen LogP contribution in [0.2, 0.25) is 5.02 Å². The second-order valence-electron chi connectivity index (χ2n) is 6.11. The van der Waals surface area contributed by atoms with E-state index in [0.29, 0.717) is 10.8 Å². The lowest BCUT2D eigenvalue weighted by molar-refractivity contribution is -0.117. The molecule has 0 saturated heterocycles. The van der Waals surface area contributed by atoms with E-state index in [-0.39, 0.29) is 12.5 Å². The van der Waals surface area contributed by atoms with Crippen molar-refractivity contribution in [3.05, 3.63) is 83.9 Å². The molecular weight excluding hydrogens is 406 g/mol. The van der Waals surface area contributed by atoms with Crippen molar-refractivity contribution in [1.29, 1.82) is 0 Å². The van der Waals surface area contributed by atoms with Gasteiger partial charge >= 0.3 is 0 Å². The first-order valence-electron chi connectivity index (χ1n) is 8.83. The molecule has 0 radical (unpaired) electrons. The fraction of sp³-hybridized carbons (Fsp3) is 0.0476. The van der Waals surface area contributed by atoms with E-state index in [1.54, 1.807) is 11.8 Å².